The van der Waals surface area contributed by atoms with E-state index < -0.39 is 155 Å². The number of alkyl carbamates (subject to hydrolysis) is 1. The van der Waals surface area contributed by atoms with Crippen LogP contribution in [0.3, 0.4) is 0 Å². The number of carbonyl (C=O) groups excluding carboxylic acids is 13. The standard InChI is InChI=1S/C88H114N12O18S2/c1-51(101)74-81(111)95-67(72(104)48-117-84(114)88(116-7)36-35-61-60-33-31-54-43-57(102)32-34-59(54)73(60)71(103)45-87(61,88)5)49-119-120-50-68(96-77(107)65(42-53-23-12-9-13-24-53)94-80(110)69-29-19-39-99(69)83(113)70-30-20-40-100(70)82(112)55-25-18-38-98(6)47-55)79(109)92-64(41-52-21-10-8-11-22-52)76(106)93-66(44-56-46-90-62-27-15-14-26-58(56)62)78(108)91-63(75(105)97-74)28-16-17-37-89-85(115)118-86(2,3)4/h8-15,18,21-27,38,43,46-47,51,58-71,73-74,90,101,103H,16-17,19-20,28-37,39-42,44-45,48-50H2,1-7H3,(H7-,89,91,92,93,94,95,96,97,105,106,107,108,109,110,111,115)/p+1/t51?,58?,59?,60?,61?,62?,63?,64?,65?,66?,67?,68?,69?,70?,71?,73?,74?,87?,88-/m1/s1. The van der Waals surface area contributed by atoms with Crippen LogP contribution >= 0.6 is 21.6 Å². The lowest BCUT2D eigenvalue weighted by Crippen LogP contribution is -2.62. The Kier molecular flexibility index (Phi) is 29.7. The first-order valence-electron chi connectivity index (χ1n) is 42.1. The summed E-state index contributed by atoms with van der Waals surface area (Å²) in [6.07, 6.45) is 16.0. The van der Waals surface area contributed by atoms with E-state index in [1.807, 2.05) is 31.2 Å². The number of rotatable bonds is 23. The van der Waals surface area contributed by atoms with Crippen LogP contribution in [0.4, 0.5) is 4.79 Å². The minimum atomic E-state index is -1.84. The number of nitrogens with zero attached hydrogens (tertiary/aromatic N) is 3. The Bertz CT molecular complexity index is 4450. The maximum absolute atomic E-state index is 15.7. The normalized spacial score (nSPS) is 30.3. The Balaban J connectivity index is 0.856. The van der Waals surface area contributed by atoms with Crippen molar-refractivity contribution in [1.82, 2.24) is 57.7 Å². The van der Waals surface area contributed by atoms with Crippen LogP contribution in [-0.2, 0) is 86.8 Å². The minimum absolute atomic E-state index is 0.0149. The van der Waals surface area contributed by atoms with Crippen molar-refractivity contribution in [2.24, 2.45) is 42.1 Å². The molecule has 646 valence electrons. The number of aliphatic hydroxyl groups is 2. The summed E-state index contributed by atoms with van der Waals surface area (Å²) in [6.45, 7) is 7.92. The highest BCUT2D eigenvalue weighted by molar-refractivity contribution is 8.76. The molecule has 5 heterocycles. The van der Waals surface area contributed by atoms with E-state index in [2.05, 4.69) is 47.9 Å². The number of esters is 1. The zero-order valence-corrected chi connectivity index (χ0v) is 70.8. The predicted octanol–water partition coefficient (Wildman–Crippen LogP) is 4.05. The van der Waals surface area contributed by atoms with E-state index in [0.717, 1.165) is 27.2 Å². The summed E-state index contributed by atoms with van der Waals surface area (Å²) in [7, 11) is 5.09. The van der Waals surface area contributed by atoms with Crippen molar-refractivity contribution in [1.29, 1.82) is 0 Å². The fourth-order valence-corrected chi connectivity index (χ4v) is 21.7. The van der Waals surface area contributed by atoms with Crippen LogP contribution in [0.1, 0.15) is 152 Å². The molecule has 0 bridgehead atoms. The number of fused-ring (bicyclic) bond motifs is 6. The Morgan fingerprint density at radius 1 is 0.742 bits per heavy atom. The molecule has 12 rings (SSSR count). The van der Waals surface area contributed by atoms with Gasteiger partial charge in [0.25, 0.3) is 5.91 Å². The number of hydrogen-bond donors (Lipinski definition) is 11. The number of likely N-dealkylation sites (tertiary alicyclic amines) is 2. The van der Waals surface area contributed by atoms with Crippen LogP contribution in [0.5, 0.6) is 0 Å². The fraction of sp³-hybridized carbons (Fsp3) is 0.568. The third kappa shape index (κ3) is 21.2. The molecule has 3 saturated carbocycles. The summed E-state index contributed by atoms with van der Waals surface area (Å²) in [5.74, 6) is -9.84. The number of benzene rings is 2. The summed E-state index contributed by atoms with van der Waals surface area (Å²) in [4.78, 5) is 195. The largest absolute Gasteiger partial charge is 0.455 e. The average molecular weight is 1690 g/mol. The molecule has 5 aliphatic carbocycles. The number of ketones is 2. The topological polar surface area (TPSA) is 409 Å². The maximum Gasteiger partial charge on any atom is 0.407 e. The average Bonchev–Trinajstić information content (AvgIpc) is 1.51. The van der Waals surface area contributed by atoms with Gasteiger partial charge in [-0.25, -0.2) is 14.2 Å². The highest BCUT2D eigenvalue weighted by atomic mass is 33.1. The van der Waals surface area contributed by atoms with Crippen molar-refractivity contribution in [3.8, 4) is 0 Å². The number of pyridine rings is 1. The summed E-state index contributed by atoms with van der Waals surface area (Å²) in [6, 6.07) is 7.78. The number of aryl methyl sites for hydroxylation is 1. The lowest BCUT2D eigenvalue weighted by atomic mass is 9.49. The van der Waals surface area contributed by atoms with Crippen LogP contribution < -0.4 is 52.4 Å². The molecule has 19 atom stereocenters. The number of Topliss-reactive ketones (excluding diaryl/α,β-unsaturated/α-hetero) is 1. The third-order valence-electron chi connectivity index (χ3n) is 25.3. The molecule has 1 aromatic heterocycles. The van der Waals surface area contributed by atoms with Crippen LogP contribution in [0.15, 0.2) is 133 Å². The third-order valence-corrected chi connectivity index (χ3v) is 27.8. The Labute approximate surface area is 707 Å². The molecule has 0 spiro atoms. The Hall–Kier alpha value is -9.76. The summed E-state index contributed by atoms with van der Waals surface area (Å²) >= 11 is 0. The van der Waals surface area contributed by atoms with Gasteiger partial charge in [0, 0.05) is 74.9 Å². The highest BCUT2D eigenvalue weighted by Crippen LogP contribution is 2.66. The Morgan fingerprint density at radius 2 is 1.42 bits per heavy atom. The van der Waals surface area contributed by atoms with Gasteiger partial charge in [0.1, 0.15) is 72.6 Å². The molecular formula is C88H115N12O18S2+. The molecule has 11 N–H and O–H groups in total. The van der Waals surface area contributed by atoms with E-state index in [-0.39, 0.29) is 130 Å². The lowest BCUT2D eigenvalue weighted by molar-refractivity contribution is -0.671. The zero-order chi connectivity index (χ0) is 85.7. The van der Waals surface area contributed by atoms with Crippen molar-refractivity contribution >= 4 is 98.4 Å². The molecule has 10 amide bonds. The first-order valence-corrected chi connectivity index (χ1v) is 44.5. The molecule has 4 aliphatic heterocycles. The number of carbonyl (C=O) groups is 13. The zero-order valence-electron chi connectivity index (χ0n) is 69.2. The van der Waals surface area contributed by atoms with Crippen LogP contribution in [0.25, 0.3) is 0 Å². The van der Waals surface area contributed by atoms with Crippen LogP contribution in [0.2, 0.25) is 0 Å². The second kappa shape index (κ2) is 39.8. The van der Waals surface area contributed by atoms with Crippen LogP contribution in [-0.4, -0.2) is 225 Å². The number of allylic oxidation sites excluding steroid dienone is 3. The number of methoxy groups -OCH3 is 1. The number of hydrogen-bond acceptors (Lipinski definition) is 21. The highest BCUT2D eigenvalue weighted by Gasteiger charge is 2.69. The van der Waals surface area contributed by atoms with Gasteiger partial charge < -0.3 is 82.1 Å². The molecule has 32 heteroatoms. The van der Waals surface area contributed by atoms with Crippen molar-refractivity contribution in [2.45, 2.75) is 228 Å². The first-order chi connectivity index (χ1) is 57.4. The van der Waals surface area contributed by atoms with E-state index in [9.17, 15) is 29.4 Å². The monoisotopic (exact) mass is 1690 g/mol. The van der Waals surface area contributed by atoms with Gasteiger partial charge in [0.05, 0.1) is 18.2 Å². The van der Waals surface area contributed by atoms with Gasteiger partial charge in [0.15, 0.2) is 36.2 Å². The van der Waals surface area contributed by atoms with Crippen molar-refractivity contribution in [3.05, 3.63) is 150 Å². The second-order valence-corrected chi connectivity index (χ2v) is 37.1. The van der Waals surface area contributed by atoms with Gasteiger partial charge in [0.2, 0.25) is 47.3 Å². The first kappa shape index (κ1) is 89.5. The maximum atomic E-state index is 15.7. The number of aliphatic hydroxyl groups excluding tert-OH is 2. The van der Waals surface area contributed by atoms with E-state index in [0.29, 0.717) is 80.2 Å². The fourth-order valence-electron chi connectivity index (χ4n) is 19.3. The molecule has 9 aliphatic rings. The molecule has 6 fully saturated rings. The molecule has 3 saturated heterocycles. The molecule has 30 nitrogen and oxygen atoms in total. The molecule has 0 radical (unpaired) electrons. The molecule has 18 unspecified atom stereocenters. The molecular weight excluding hydrogens is 1580 g/mol. The van der Waals surface area contributed by atoms with Gasteiger partial charge in [-0.05, 0) is 176 Å². The number of ether oxygens (including phenoxy) is 3. The van der Waals surface area contributed by atoms with E-state index in [1.165, 1.54) is 23.8 Å². The van der Waals surface area contributed by atoms with Gasteiger partial charge >= 0.3 is 12.1 Å². The quantitative estimate of drug-likeness (QED) is 0.0276. The van der Waals surface area contributed by atoms with Gasteiger partial charge in [-0.2, -0.15) is 0 Å². The molecule has 2 aromatic carbocycles. The van der Waals surface area contributed by atoms with Gasteiger partial charge in [-0.1, -0.05) is 119 Å². The smallest absolute Gasteiger partial charge is 0.407 e. The molecule has 3 aromatic rings. The number of unbranched alkanes of at least 4 members (excludes halogenated alkanes) is 1. The number of aromatic nitrogens is 1. The molecule has 120 heavy (non-hydrogen) atoms. The van der Waals surface area contributed by atoms with E-state index in [4.69, 9.17) is 14.2 Å². The lowest BCUT2D eigenvalue weighted by Gasteiger charge is -2.57. The summed E-state index contributed by atoms with van der Waals surface area (Å²) in [5, 5.41) is 49.5. The van der Waals surface area contributed by atoms with Crippen LogP contribution in [0, 0.1) is 35.0 Å². The second-order valence-electron chi connectivity index (χ2n) is 34.5. The summed E-state index contributed by atoms with van der Waals surface area (Å²) < 4.78 is 19.5. The van der Waals surface area contributed by atoms with Crippen molar-refractivity contribution in [2.75, 3.05) is 44.9 Å². The van der Waals surface area contributed by atoms with Crippen molar-refractivity contribution in [3.63, 3.8) is 0 Å². The van der Waals surface area contributed by atoms with Crippen molar-refractivity contribution < 1.29 is 91.3 Å². The van der Waals surface area contributed by atoms with E-state index >= 15 is 43.2 Å². The van der Waals surface area contributed by atoms with Gasteiger partial charge in [-0.3, -0.25) is 52.7 Å². The summed E-state index contributed by atoms with van der Waals surface area (Å²) in [5.41, 5.74) is -0.139. The Morgan fingerprint density at radius 3 is 2.13 bits per heavy atom. The number of nitrogens with one attached hydrogen (secondary N) is 9. The van der Waals surface area contributed by atoms with E-state index in [1.54, 1.807) is 130 Å². The minimum Gasteiger partial charge on any atom is -0.455 e. The number of amides is 10. The van der Waals surface area contributed by atoms with Gasteiger partial charge in [-0.15, -0.1) is 0 Å². The predicted molar refractivity (Wildman–Crippen MR) is 445 cm³/mol. The SMILES string of the molecule is CO[C@@]1(C(=O)OCC(=O)C2CSSCC(NC(=O)C(Cc3ccccc3)NC(=O)C3CCCN3C(=O)C3CCCN3C(=O)c3ccc[n+](C)c3)C(=O)NC(Cc3ccccc3)C(=O)NC(CC3=CNC4C=CC=CC34)C(=O)NC(CCCCNC(=O)OC(C)(C)C)C(=O)NC(C(C)O)C(=O)N2)CCC2C3CCC4=CC(=O)CCC4C3C(O)CC21C.